The van der Waals surface area contributed by atoms with Crippen molar-refractivity contribution in [1.29, 1.82) is 0 Å². The summed E-state index contributed by atoms with van der Waals surface area (Å²) >= 11 is 0. The lowest BCUT2D eigenvalue weighted by atomic mass is 9.92. The number of aromatic amines is 1. The molecule has 5 rings (SSSR count). The van der Waals surface area contributed by atoms with Crippen molar-refractivity contribution in [3.63, 3.8) is 0 Å². The maximum atomic E-state index is 13.6. The fourth-order valence-electron chi connectivity index (χ4n) is 4.71. The minimum Gasteiger partial charge on any atom is -0.307 e. The molecule has 0 amide bonds. The second-order valence-corrected chi connectivity index (χ2v) is 8.36. The number of aromatic nitrogens is 3. The van der Waals surface area contributed by atoms with E-state index in [1.54, 1.807) is 22.8 Å². The molecule has 0 saturated carbocycles. The Balaban J connectivity index is 1.41. The van der Waals surface area contributed by atoms with Crippen molar-refractivity contribution < 1.29 is 18.0 Å². The Bertz CT molecular complexity index is 1410. The third-order valence-electron chi connectivity index (χ3n) is 6.20. The molecule has 0 spiro atoms. The van der Waals surface area contributed by atoms with Gasteiger partial charge in [0.2, 0.25) is 0 Å². The number of benzene rings is 2. The highest BCUT2D eigenvalue weighted by Gasteiger charge is 2.34. The van der Waals surface area contributed by atoms with Gasteiger partial charge in [-0.3, -0.25) is 14.3 Å². The molecule has 1 fully saturated rings. The first-order valence-electron chi connectivity index (χ1n) is 10.7. The predicted molar refractivity (Wildman–Crippen MR) is 118 cm³/mol. The van der Waals surface area contributed by atoms with Crippen LogP contribution in [0.5, 0.6) is 0 Å². The number of Topliss-reactive ketones (excluding diaryl/α,β-unsaturated/α-hetero) is 1. The largest absolute Gasteiger partial charge is 0.418 e. The number of rotatable bonds is 4. The molecule has 1 saturated heterocycles. The molecule has 2 unspecified atom stereocenters. The van der Waals surface area contributed by atoms with E-state index in [-0.39, 0.29) is 29.5 Å². The van der Waals surface area contributed by atoms with Crippen molar-refractivity contribution >= 4 is 27.7 Å². The van der Waals surface area contributed by atoms with Crippen LogP contribution in [0.1, 0.15) is 30.0 Å². The van der Waals surface area contributed by atoms with Gasteiger partial charge in [-0.25, -0.2) is 4.79 Å². The van der Waals surface area contributed by atoms with Crippen molar-refractivity contribution in [2.24, 2.45) is 0 Å². The van der Waals surface area contributed by atoms with Gasteiger partial charge in [-0.05, 0) is 55.3 Å². The Hall–Kier alpha value is -3.46. The molecule has 2 N–H and O–H groups in total. The van der Waals surface area contributed by atoms with Gasteiger partial charge in [0.25, 0.3) is 0 Å². The molecule has 0 aliphatic carbocycles. The van der Waals surface area contributed by atoms with E-state index in [0.29, 0.717) is 30.3 Å². The molecule has 6 nitrogen and oxygen atoms in total. The van der Waals surface area contributed by atoms with Crippen LogP contribution in [0, 0.1) is 0 Å². The minimum atomic E-state index is -4.57. The Kier molecular flexibility index (Phi) is 5.28. The molecule has 2 aromatic carbocycles. The molecular weight excluding hydrogens is 433 g/mol. The zero-order valence-electron chi connectivity index (χ0n) is 17.5. The molecule has 2 aromatic heterocycles. The van der Waals surface area contributed by atoms with E-state index < -0.39 is 17.8 Å². The average Bonchev–Trinajstić information content (AvgIpc) is 3.13. The van der Waals surface area contributed by atoms with Gasteiger partial charge in [-0.15, -0.1) is 0 Å². The van der Waals surface area contributed by atoms with Crippen LogP contribution in [0.15, 0.2) is 59.5 Å². The number of pyridine rings is 1. The zero-order chi connectivity index (χ0) is 23.2. The number of carbonyl (C=O) groups is 1. The zero-order valence-corrected chi connectivity index (χ0v) is 17.5. The monoisotopic (exact) mass is 454 g/mol. The first kappa shape index (κ1) is 21.4. The van der Waals surface area contributed by atoms with Crippen molar-refractivity contribution in [2.45, 2.75) is 37.5 Å². The smallest absolute Gasteiger partial charge is 0.307 e. The van der Waals surface area contributed by atoms with E-state index in [9.17, 15) is 22.8 Å². The lowest BCUT2D eigenvalue weighted by Crippen LogP contribution is -2.45. The first-order chi connectivity index (χ1) is 15.8. The summed E-state index contributed by atoms with van der Waals surface area (Å²) in [6, 6.07) is 12.4. The second kappa shape index (κ2) is 8.15. The lowest BCUT2D eigenvalue weighted by molar-refractivity contribution is -0.136. The SMILES string of the molecule is O=C(Cc1cc(C(F)(F)F)c2ncccc2c1)C1CC(n2c(=O)[nH]c3ccccc32)CCN1. The van der Waals surface area contributed by atoms with Crippen LogP contribution in [0.3, 0.4) is 0 Å². The summed E-state index contributed by atoms with van der Waals surface area (Å²) in [5.74, 6) is -0.205. The molecular formula is C24H21F3N4O2. The number of para-hydroxylation sites is 2. The molecule has 0 bridgehead atoms. The van der Waals surface area contributed by atoms with Gasteiger partial charge in [0, 0.05) is 24.0 Å². The van der Waals surface area contributed by atoms with E-state index in [4.69, 9.17) is 0 Å². The third kappa shape index (κ3) is 4.04. The van der Waals surface area contributed by atoms with Crippen LogP contribution in [0.4, 0.5) is 13.2 Å². The maximum absolute atomic E-state index is 13.6. The van der Waals surface area contributed by atoms with Crippen molar-refractivity contribution in [2.75, 3.05) is 6.54 Å². The average molecular weight is 454 g/mol. The Morgan fingerprint density at radius 3 is 2.79 bits per heavy atom. The number of nitrogens with zero attached hydrogens (tertiary/aromatic N) is 2. The summed E-state index contributed by atoms with van der Waals surface area (Å²) in [7, 11) is 0. The van der Waals surface area contributed by atoms with Crippen LogP contribution in [0.25, 0.3) is 21.9 Å². The number of imidazole rings is 1. The third-order valence-corrected chi connectivity index (χ3v) is 6.20. The molecule has 1 aliphatic heterocycles. The summed E-state index contributed by atoms with van der Waals surface area (Å²) < 4.78 is 42.5. The quantitative estimate of drug-likeness (QED) is 0.489. The summed E-state index contributed by atoms with van der Waals surface area (Å²) in [6.45, 7) is 0.530. The number of fused-ring (bicyclic) bond motifs is 2. The number of piperidine rings is 1. The first-order valence-corrected chi connectivity index (χ1v) is 10.7. The van der Waals surface area contributed by atoms with E-state index in [1.165, 1.54) is 6.20 Å². The highest BCUT2D eigenvalue weighted by molar-refractivity contribution is 5.89. The van der Waals surface area contributed by atoms with Gasteiger partial charge in [0.05, 0.1) is 28.2 Å². The predicted octanol–water partition coefficient (Wildman–Crippen LogP) is 4.00. The molecule has 1 aliphatic rings. The van der Waals surface area contributed by atoms with Gasteiger partial charge >= 0.3 is 11.9 Å². The molecule has 0 radical (unpaired) electrons. The number of nitrogens with one attached hydrogen (secondary N) is 2. The van der Waals surface area contributed by atoms with E-state index in [1.807, 2.05) is 24.3 Å². The maximum Gasteiger partial charge on any atom is 0.418 e. The lowest BCUT2D eigenvalue weighted by Gasteiger charge is -2.30. The summed E-state index contributed by atoms with van der Waals surface area (Å²) in [6.07, 6.45) is -2.33. The number of carbonyl (C=O) groups excluding carboxylic acids is 1. The number of hydrogen-bond donors (Lipinski definition) is 2. The topological polar surface area (TPSA) is 79.8 Å². The summed E-state index contributed by atoms with van der Waals surface area (Å²) in [5, 5.41) is 3.51. The van der Waals surface area contributed by atoms with Crippen molar-refractivity contribution in [3.05, 3.63) is 76.3 Å². The Morgan fingerprint density at radius 2 is 1.97 bits per heavy atom. The van der Waals surface area contributed by atoms with Crippen LogP contribution >= 0.6 is 0 Å². The fraction of sp³-hybridized carbons (Fsp3) is 0.292. The Morgan fingerprint density at radius 1 is 1.15 bits per heavy atom. The van der Waals surface area contributed by atoms with Crippen molar-refractivity contribution in [3.8, 4) is 0 Å². The molecule has 33 heavy (non-hydrogen) atoms. The standard InChI is InChI=1S/C24H21F3N4O2/c25-24(26,27)17-11-14(10-15-4-3-8-29-22(15)17)12-21(32)19-13-16(7-9-28-19)31-20-6-2-1-5-18(20)30-23(31)33/h1-6,8,10-11,16,19,28H,7,9,12-13H2,(H,30,33). The molecule has 170 valence electrons. The van der Waals surface area contributed by atoms with E-state index >= 15 is 0 Å². The van der Waals surface area contributed by atoms with Gasteiger partial charge in [0.1, 0.15) is 0 Å². The van der Waals surface area contributed by atoms with Gasteiger partial charge < -0.3 is 10.3 Å². The van der Waals surface area contributed by atoms with Gasteiger partial charge in [-0.1, -0.05) is 18.2 Å². The summed E-state index contributed by atoms with van der Waals surface area (Å²) in [5.41, 5.74) is 0.594. The molecule has 4 aromatic rings. The normalized spacial score (nSPS) is 19.2. The number of alkyl halides is 3. The fourth-order valence-corrected chi connectivity index (χ4v) is 4.71. The van der Waals surface area contributed by atoms with Crippen LogP contribution < -0.4 is 11.0 Å². The second-order valence-electron chi connectivity index (χ2n) is 8.36. The molecule has 3 heterocycles. The highest BCUT2D eigenvalue weighted by Crippen LogP contribution is 2.35. The molecule has 2 atom stereocenters. The van der Waals surface area contributed by atoms with Crippen LogP contribution in [-0.4, -0.2) is 32.9 Å². The summed E-state index contributed by atoms with van der Waals surface area (Å²) in [4.78, 5) is 32.3. The van der Waals surface area contributed by atoms with Gasteiger partial charge in [0.15, 0.2) is 5.78 Å². The van der Waals surface area contributed by atoms with Crippen LogP contribution in [-0.2, 0) is 17.4 Å². The number of hydrogen-bond acceptors (Lipinski definition) is 4. The highest BCUT2D eigenvalue weighted by atomic mass is 19.4. The number of ketones is 1. The van der Waals surface area contributed by atoms with E-state index in [2.05, 4.69) is 15.3 Å². The number of H-pyrrole nitrogens is 1. The number of halogens is 3. The van der Waals surface area contributed by atoms with Crippen LogP contribution in [0.2, 0.25) is 0 Å². The van der Waals surface area contributed by atoms with Gasteiger partial charge in [-0.2, -0.15) is 13.2 Å². The van der Waals surface area contributed by atoms with Crippen molar-refractivity contribution in [1.82, 2.24) is 19.9 Å². The van der Waals surface area contributed by atoms with E-state index in [0.717, 1.165) is 17.1 Å². The minimum absolute atomic E-state index is 0.129. The Labute approximate surface area is 186 Å². The molecule has 9 heteroatoms.